The molecule has 0 radical (unpaired) electrons. The van der Waals surface area contributed by atoms with Crippen LogP contribution in [-0.2, 0) is 7.05 Å². The van der Waals surface area contributed by atoms with Crippen molar-refractivity contribution in [3.63, 3.8) is 0 Å². The summed E-state index contributed by atoms with van der Waals surface area (Å²) in [7, 11) is 1.55. The molecule has 0 bridgehead atoms. The lowest BCUT2D eigenvalue weighted by atomic mass is 10.2. The van der Waals surface area contributed by atoms with Crippen LogP contribution in [0.1, 0.15) is 24.5 Å². The molecule has 22 heavy (non-hydrogen) atoms. The number of aryl methyl sites for hydroxylation is 1. The first kappa shape index (κ1) is 13.4. The van der Waals surface area contributed by atoms with Crippen molar-refractivity contribution < 1.29 is 4.42 Å². The highest BCUT2D eigenvalue weighted by molar-refractivity contribution is 9.10. The topological polar surface area (TPSA) is 78.7 Å². The van der Waals surface area contributed by atoms with E-state index in [1.54, 1.807) is 17.9 Å². The Morgan fingerprint density at radius 3 is 2.73 bits per heavy atom. The molecule has 0 aliphatic heterocycles. The molecule has 4 rings (SSSR count). The molecule has 3 aromatic heterocycles. The van der Waals surface area contributed by atoms with Gasteiger partial charge in [-0.05, 0) is 47.0 Å². The van der Waals surface area contributed by atoms with Gasteiger partial charge in [0, 0.05) is 23.6 Å². The summed E-state index contributed by atoms with van der Waals surface area (Å²) in [6, 6.07) is 5.66. The van der Waals surface area contributed by atoms with E-state index in [4.69, 9.17) is 4.42 Å². The monoisotopic (exact) mass is 361 g/mol. The van der Waals surface area contributed by atoms with Crippen LogP contribution in [0.5, 0.6) is 0 Å². The molecule has 0 amide bonds. The van der Waals surface area contributed by atoms with Crippen LogP contribution in [0.3, 0.4) is 0 Å². The van der Waals surface area contributed by atoms with E-state index in [1.807, 2.05) is 18.2 Å². The molecule has 0 spiro atoms. The van der Waals surface area contributed by atoms with Crippen LogP contribution >= 0.6 is 15.9 Å². The first-order valence-corrected chi connectivity index (χ1v) is 7.67. The standard InChI is InChI=1S/C14H12BrN5O2/c1-19-14(21)22-13(18-19)11-6-10(8-2-3-8)17-20(11)12-5-4-9(15)7-16-12/h4-8H,2-3H2,1H3. The van der Waals surface area contributed by atoms with E-state index in [1.165, 1.54) is 4.68 Å². The van der Waals surface area contributed by atoms with E-state index >= 15 is 0 Å². The molecule has 1 aliphatic rings. The summed E-state index contributed by atoms with van der Waals surface area (Å²) in [5.41, 5.74) is 1.61. The zero-order valence-corrected chi connectivity index (χ0v) is 13.3. The number of hydrogen-bond acceptors (Lipinski definition) is 5. The van der Waals surface area contributed by atoms with Crippen LogP contribution in [0.4, 0.5) is 0 Å². The molecule has 3 aromatic rings. The molecular formula is C14H12BrN5O2. The first-order valence-electron chi connectivity index (χ1n) is 6.88. The van der Waals surface area contributed by atoms with Gasteiger partial charge in [0.05, 0.1) is 5.69 Å². The van der Waals surface area contributed by atoms with Gasteiger partial charge in [-0.15, -0.1) is 5.10 Å². The minimum absolute atomic E-state index is 0.247. The SMILES string of the molecule is Cn1nc(-c2cc(C3CC3)nn2-c2ccc(Br)cn2)oc1=O. The minimum atomic E-state index is -0.500. The average Bonchev–Trinajstić information content (AvgIpc) is 3.17. The first-order chi connectivity index (χ1) is 10.6. The molecule has 0 N–H and O–H groups in total. The summed E-state index contributed by atoms with van der Waals surface area (Å²) < 4.78 is 8.92. The van der Waals surface area contributed by atoms with Gasteiger partial charge in [-0.25, -0.2) is 14.5 Å². The Bertz CT molecular complexity index is 889. The molecule has 112 valence electrons. The van der Waals surface area contributed by atoms with Crippen LogP contribution in [-0.4, -0.2) is 24.5 Å². The lowest BCUT2D eigenvalue weighted by Gasteiger charge is -2.03. The van der Waals surface area contributed by atoms with Gasteiger partial charge in [0.2, 0.25) is 0 Å². The highest BCUT2D eigenvalue weighted by Gasteiger charge is 2.29. The smallest absolute Gasteiger partial charge is 0.386 e. The van der Waals surface area contributed by atoms with Crippen molar-refractivity contribution >= 4 is 15.9 Å². The van der Waals surface area contributed by atoms with Gasteiger partial charge in [-0.3, -0.25) is 0 Å². The van der Waals surface area contributed by atoms with Gasteiger partial charge >= 0.3 is 5.76 Å². The summed E-state index contributed by atoms with van der Waals surface area (Å²) in [5.74, 6) is 0.875. The Hall–Kier alpha value is -2.22. The molecule has 3 heterocycles. The van der Waals surface area contributed by atoms with Gasteiger partial charge < -0.3 is 4.42 Å². The van der Waals surface area contributed by atoms with E-state index in [-0.39, 0.29) is 5.89 Å². The van der Waals surface area contributed by atoms with Crippen molar-refractivity contribution in [2.75, 3.05) is 0 Å². The fourth-order valence-corrected chi connectivity index (χ4v) is 2.48. The molecule has 0 atom stereocenters. The van der Waals surface area contributed by atoms with Crippen LogP contribution in [0.25, 0.3) is 17.4 Å². The maximum Gasteiger partial charge on any atom is 0.437 e. The predicted molar refractivity (Wildman–Crippen MR) is 81.8 cm³/mol. The molecular weight excluding hydrogens is 350 g/mol. The highest BCUT2D eigenvalue weighted by atomic mass is 79.9. The van der Waals surface area contributed by atoms with Crippen LogP contribution in [0.2, 0.25) is 0 Å². The largest absolute Gasteiger partial charge is 0.437 e. The molecule has 0 saturated heterocycles. The Balaban J connectivity index is 1.88. The van der Waals surface area contributed by atoms with E-state index in [9.17, 15) is 4.79 Å². The molecule has 0 unspecified atom stereocenters. The van der Waals surface area contributed by atoms with Crippen molar-refractivity contribution in [3.05, 3.63) is 45.1 Å². The molecule has 1 saturated carbocycles. The second kappa shape index (κ2) is 4.91. The zero-order chi connectivity index (χ0) is 15.3. The highest BCUT2D eigenvalue weighted by Crippen LogP contribution is 2.40. The molecule has 0 aromatic carbocycles. The van der Waals surface area contributed by atoms with E-state index in [0.717, 1.165) is 23.0 Å². The third kappa shape index (κ3) is 2.29. The maximum absolute atomic E-state index is 11.5. The third-order valence-corrected chi connectivity index (χ3v) is 4.03. The number of hydrogen-bond donors (Lipinski definition) is 0. The summed E-state index contributed by atoms with van der Waals surface area (Å²) in [6.45, 7) is 0. The summed E-state index contributed by atoms with van der Waals surface area (Å²) >= 11 is 3.37. The van der Waals surface area contributed by atoms with Gasteiger partial charge in [-0.2, -0.15) is 9.78 Å². The Morgan fingerprint density at radius 2 is 2.14 bits per heavy atom. The fraction of sp³-hybridized carbons (Fsp3) is 0.286. The normalized spacial score (nSPS) is 14.5. The van der Waals surface area contributed by atoms with Gasteiger partial charge in [-0.1, -0.05) is 0 Å². The molecule has 7 nitrogen and oxygen atoms in total. The summed E-state index contributed by atoms with van der Waals surface area (Å²) in [6.07, 6.45) is 3.97. The number of nitrogens with zero attached hydrogens (tertiary/aromatic N) is 5. The van der Waals surface area contributed by atoms with Crippen LogP contribution in [0.15, 0.2) is 38.1 Å². The quantitative estimate of drug-likeness (QED) is 0.714. The number of pyridine rings is 1. The van der Waals surface area contributed by atoms with Gasteiger partial charge in [0.15, 0.2) is 5.82 Å². The molecule has 1 fully saturated rings. The van der Waals surface area contributed by atoms with Crippen molar-refractivity contribution in [2.24, 2.45) is 7.05 Å². The molecule has 8 heteroatoms. The van der Waals surface area contributed by atoms with Crippen molar-refractivity contribution in [2.45, 2.75) is 18.8 Å². The van der Waals surface area contributed by atoms with E-state index in [2.05, 4.69) is 31.1 Å². The van der Waals surface area contributed by atoms with Crippen molar-refractivity contribution in [3.8, 4) is 17.4 Å². The lowest BCUT2D eigenvalue weighted by Crippen LogP contribution is -2.09. The average molecular weight is 362 g/mol. The maximum atomic E-state index is 11.5. The predicted octanol–water partition coefficient (Wildman–Crippen LogP) is 2.26. The Labute approximate surface area is 133 Å². The Morgan fingerprint density at radius 1 is 1.32 bits per heavy atom. The van der Waals surface area contributed by atoms with Gasteiger partial charge in [0.1, 0.15) is 5.69 Å². The van der Waals surface area contributed by atoms with E-state index in [0.29, 0.717) is 17.4 Å². The lowest BCUT2D eigenvalue weighted by molar-refractivity contribution is 0.502. The molecule has 1 aliphatic carbocycles. The van der Waals surface area contributed by atoms with Crippen LogP contribution < -0.4 is 5.76 Å². The fourth-order valence-electron chi connectivity index (χ4n) is 2.25. The zero-order valence-electron chi connectivity index (χ0n) is 11.7. The second-order valence-electron chi connectivity index (χ2n) is 5.27. The number of halogens is 1. The van der Waals surface area contributed by atoms with E-state index < -0.39 is 5.76 Å². The van der Waals surface area contributed by atoms with Gasteiger partial charge in [0.25, 0.3) is 5.89 Å². The summed E-state index contributed by atoms with van der Waals surface area (Å²) in [4.78, 5) is 15.9. The second-order valence-corrected chi connectivity index (χ2v) is 6.19. The van der Waals surface area contributed by atoms with Crippen molar-refractivity contribution in [1.82, 2.24) is 24.5 Å². The number of rotatable bonds is 3. The summed E-state index contributed by atoms with van der Waals surface area (Å²) in [5, 5.41) is 8.73. The number of aromatic nitrogens is 5. The third-order valence-electron chi connectivity index (χ3n) is 3.56. The Kier molecular flexibility index (Phi) is 3.00. The minimum Gasteiger partial charge on any atom is -0.386 e. The van der Waals surface area contributed by atoms with Crippen molar-refractivity contribution in [1.29, 1.82) is 0 Å². The van der Waals surface area contributed by atoms with Crippen LogP contribution in [0, 0.1) is 0 Å².